The minimum absolute atomic E-state index is 0.00558. The molecule has 0 saturated carbocycles. The van der Waals surface area contributed by atoms with Crippen molar-refractivity contribution in [3.63, 3.8) is 0 Å². The molecule has 110 valence electrons. The lowest BCUT2D eigenvalue weighted by atomic mass is 10.1. The van der Waals surface area contributed by atoms with Crippen molar-refractivity contribution in [3.8, 4) is 11.3 Å². The van der Waals surface area contributed by atoms with E-state index in [9.17, 15) is 14.9 Å². The van der Waals surface area contributed by atoms with Gasteiger partial charge in [-0.05, 0) is 24.6 Å². The summed E-state index contributed by atoms with van der Waals surface area (Å²) >= 11 is 0. The van der Waals surface area contributed by atoms with Gasteiger partial charge in [0.15, 0.2) is 0 Å². The van der Waals surface area contributed by atoms with E-state index in [1.807, 2.05) is 6.92 Å². The second kappa shape index (κ2) is 6.17. The second-order valence-electron chi connectivity index (χ2n) is 4.67. The Morgan fingerprint density at radius 1 is 1.33 bits per heavy atom. The molecule has 21 heavy (non-hydrogen) atoms. The van der Waals surface area contributed by atoms with Crippen LogP contribution in [0.15, 0.2) is 35.1 Å². The summed E-state index contributed by atoms with van der Waals surface area (Å²) in [6.07, 6.45) is 1.77. The lowest BCUT2D eigenvalue weighted by Gasteiger charge is -2.08. The zero-order valence-corrected chi connectivity index (χ0v) is 11.7. The highest BCUT2D eigenvalue weighted by Crippen LogP contribution is 2.21. The number of hydrogen-bond acceptors (Lipinski definition) is 5. The second-order valence-corrected chi connectivity index (χ2v) is 4.67. The molecular formula is C14H16N4O3. The summed E-state index contributed by atoms with van der Waals surface area (Å²) in [6.45, 7) is 2.52. The molecule has 0 aliphatic carbocycles. The van der Waals surface area contributed by atoms with E-state index >= 15 is 0 Å². The van der Waals surface area contributed by atoms with Crippen LogP contribution in [0.4, 0.5) is 11.4 Å². The molecule has 0 spiro atoms. The first-order valence-corrected chi connectivity index (χ1v) is 6.65. The van der Waals surface area contributed by atoms with Gasteiger partial charge in [-0.15, -0.1) is 0 Å². The number of nitro groups is 1. The Morgan fingerprint density at radius 3 is 2.57 bits per heavy atom. The van der Waals surface area contributed by atoms with Crippen LogP contribution >= 0.6 is 0 Å². The Balaban J connectivity index is 2.41. The van der Waals surface area contributed by atoms with E-state index in [2.05, 4.69) is 5.10 Å². The first kappa shape index (κ1) is 14.7. The summed E-state index contributed by atoms with van der Waals surface area (Å²) in [5, 5.41) is 14.9. The summed E-state index contributed by atoms with van der Waals surface area (Å²) in [7, 11) is 0. The van der Waals surface area contributed by atoms with Crippen LogP contribution in [-0.2, 0) is 6.54 Å². The number of non-ortho nitro benzene ring substituents is 1. The van der Waals surface area contributed by atoms with Gasteiger partial charge in [0, 0.05) is 24.2 Å². The first-order chi connectivity index (χ1) is 10.0. The van der Waals surface area contributed by atoms with E-state index in [1.165, 1.54) is 22.9 Å². The fourth-order valence-electron chi connectivity index (χ4n) is 1.92. The Kier molecular flexibility index (Phi) is 4.32. The number of aromatic nitrogens is 2. The van der Waals surface area contributed by atoms with Crippen LogP contribution in [0.25, 0.3) is 11.3 Å². The van der Waals surface area contributed by atoms with E-state index in [-0.39, 0.29) is 16.9 Å². The number of nitrogens with two attached hydrogens (primary N) is 1. The van der Waals surface area contributed by atoms with Gasteiger partial charge in [-0.25, -0.2) is 4.68 Å². The summed E-state index contributed by atoms with van der Waals surface area (Å²) in [4.78, 5) is 22.1. The zero-order valence-electron chi connectivity index (χ0n) is 11.7. The third-order valence-electron chi connectivity index (χ3n) is 3.10. The van der Waals surface area contributed by atoms with Gasteiger partial charge in [0.05, 0.1) is 10.6 Å². The first-order valence-electron chi connectivity index (χ1n) is 6.65. The van der Waals surface area contributed by atoms with Crippen LogP contribution in [0.5, 0.6) is 0 Å². The average molecular weight is 288 g/mol. The molecule has 0 unspecified atom stereocenters. The van der Waals surface area contributed by atoms with E-state index in [0.29, 0.717) is 17.8 Å². The van der Waals surface area contributed by atoms with Crippen LogP contribution in [0.3, 0.4) is 0 Å². The maximum atomic E-state index is 11.9. The van der Waals surface area contributed by atoms with Crippen molar-refractivity contribution in [2.45, 2.75) is 26.3 Å². The van der Waals surface area contributed by atoms with E-state index in [0.717, 1.165) is 12.8 Å². The monoisotopic (exact) mass is 288 g/mol. The molecular weight excluding hydrogens is 272 g/mol. The smallest absolute Gasteiger partial charge is 0.289 e. The maximum Gasteiger partial charge on any atom is 0.289 e. The van der Waals surface area contributed by atoms with Crippen molar-refractivity contribution in [1.29, 1.82) is 0 Å². The molecule has 0 aliphatic heterocycles. The van der Waals surface area contributed by atoms with Crippen molar-refractivity contribution in [2.24, 2.45) is 0 Å². The van der Waals surface area contributed by atoms with Gasteiger partial charge in [-0.3, -0.25) is 14.9 Å². The van der Waals surface area contributed by atoms with Crippen LogP contribution in [-0.4, -0.2) is 14.7 Å². The number of anilines is 1. The van der Waals surface area contributed by atoms with Crippen LogP contribution < -0.4 is 11.3 Å². The standard InChI is InChI=1S/C14H16N4O3/c1-2-3-8-17-14(19)12(15)9-13(16-17)10-4-6-11(7-5-10)18(20)21/h4-7,9H,2-3,8,15H2,1H3. The number of rotatable bonds is 5. The predicted octanol–water partition coefficient (Wildman–Crippen LogP) is 2.20. The van der Waals surface area contributed by atoms with Gasteiger partial charge < -0.3 is 5.73 Å². The minimum Gasteiger partial charge on any atom is -0.394 e. The van der Waals surface area contributed by atoms with E-state index in [4.69, 9.17) is 5.73 Å². The fraction of sp³-hybridized carbons (Fsp3) is 0.286. The quantitative estimate of drug-likeness (QED) is 0.670. The fourth-order valence-corrected chi connectivity index (χ4v) is 1.92. The van der Waals surface area contributed by atoms with Crippen molar-refractivity contribution >= 4 is 11.4 Å². The molecule has 0 atom stereocenters. The van der Waals surface area contributed by atoms with E-state index < -0.39 is 4.92 Å². The Hall–Kier alpha value is -2.70. The Bertz CT molecular complexity index is 707. The Morgan fingerprint density at radius 2 is 2.00 bits per heavy atom. The number of hydrogen-bond donors (Lipinski definition) is 1. The largest absolute Gasteiger partial charge is 0.394 e. The molecule has 7 heteroatoms. The summed E-state index contributed by atoms with van der Waals surface area (Å²) in [5.41, 5.74) is 6.75. The van der Waals surface area contributed by atoms with E-state index in [1.54, 1.807) is 12.1 Å². The summed E-state index contributed by atoms with van der Waals surface area (Å²) in [6, 6.07) is 7.47. The molecule has 0 amide bonds. The van der Waals surface area contributed by atoms with Crippen LogP contribution in [0.2, 0.25) is 0 Å². The lowest BCUT2D eigenvalue weighted by Crippen LogP contribution is -2.25. The minimum atomic E-state index is -0.465. The van der Waals surface area contributed by atoms with Crippen LogP contribution in [0, 0.1) is 10.1 Å². The maximum absolute atomic E-state index is 11.9. The number of nitro benzene ring substituents is 1. The highest BCUT2D eigenvalue weighted by Gasteiger charge is 2.10. The molecule has 0 radical (unpaired) electrons. The van der Waals surface area contributed by atoms with Gasteiger partial charge >= 0.3 is 0 Å². The number of nitrogen functional groups attached to an aromatic ring is 1. The third-order valence-corrected chi connectivity index (χ3v) is 3.10. The molecule has 0 saturated heterocycles. The average Bonchev–Trinajstić information content (AvgIpc) is 2.48. The molecule has 0 aliphatic rings. The van der Waals surface area contributed by atoms with Gasteiger partial charge in [0.1, 0.15) is 5.69 Å². The number of benzene rings is 1. The van der Waals surface area contributed by atoms with Crippen molar-refractivity contribution < 1.29 is 4.92 Å². The molecule has 1 aromatic carbocycles. The number of unbranched alkanes of at least 4 members (excludes halogenated alkanes) is 1. The topological polar surface area (TPSA) is 104 Å². The molecule has 1 aromatic heterocycles. The molecule has 7 nitrogen and oxygen atoms in total. The number of aryl methyl sites for hydroxylation is 1. The van der Waals surface area contributed by atoms with Gasteiger partial charge in [-0.1, -0.05) is 13.3 Å². The highest BCUT2D eigenvalue weighted by molar-refractivity contribution is 5.63. The molecule has 2 aromatic rings. The van der Waals surface area contributed by atoms with Gasteiger partial charge in [0.25, 0.3) is 11.2 Å². The molecule has 2 rings (SSSR count). The predicted molar refractivity (Wildman–Crippen MR) is 79.9 cm³/mol. The summed E-state index contributed by atoms with van der Waals surface area (Å²) < 4.78 is 1.34. The molecule has 2 N–H and O–H groups in total. The SMILES string of the molecule is CCCCn1nc(-c2ccc([N+](=O)[O-])cc2)cc(N)c1=O. The molecule has 0 bridgehead atoms. The van der Waals surface area contributed by atoms with Gasteiger partial charge in [-0.2, -0.15) is 5.10 Å². The molecule has 1 heterocycles. The lowest BCUT2D eigenvalue weighted by molar-refractivity contribution is -0.384. The zero-order chi connectivity index (χ0) is 15.4. The number of nitrogens with zero attached hydrogens (tertiary/aromatic N) is 3. The third kappa shape index (κ3) is 3.25. The van der Waals surface area contributed by atoms with Crippen molar-refractivity contribution in [1.82, 2.24) is 9.78 Å². The van der Waals surface area contributed by atoms with Crippen molar-refractivity contribution in [3.05, 3.63) is 50.8 Å². The molecule has 0 fully saturated rings. The van der Waals surface area contributed by atoms with Gasteiger partial charge in [0.2, 0.25) is 0 Å². The Labute approximate surface area is 121 Å². The highest BCUT2D eigenvalue weighted by atomic mass is 16.6. The summed E-state index contributed by atoms with van der Waals surface area (Å²) in [5.74, 6) is 0. The van der Waals surface area contributed by atoms with Crippen LogP contribution in [0.1, 0.15) is 19.8 Å². The normalized spacial score (nSPS) is 10.5. The van der Waals surface area contributed by atoms with Crippen molar-refractivity contribution in [2.75, 3.05) is 5.73 Å².